The Labute approximate surface area is 199 Å². The van der Waals surface area contributed by atoms with Crippen LogP contribution >= 0.6 is 15.9 Å². The molecule has 3 heterocycles. The van der Waals surface area contributed by atoms with Gasteiger partial charge in [-0.05, 0) is 33.6 Å². The number of rotatable bonds is 7. The van der Waals surface area contributed by atoms with Gasteiger partial charge in [0.05, 0.1) is 19.4 Å². The number of ether oxygens (including phenoxy) is 3. The molecule has 2 aliphatic rings. The molecule has 2 N–H and O–H groups in total. The van der Waals surface area contributed by atoms with E-state index in [-0.39, 0.29) is 6.79 Å². The quantitative estimate of drug-likeness (QED) is 0.365. The van der Waals surface area contributed by atoms with Crippen molar-refractivity contribution < 1.29 is 14.2 Å². The Bertz CT molecular complexity index is 1140. The SMILES string of the molecule is Brc1cc2c(cc1C=NNc1nc(NCc3ccccc3)nc(N3CCOCC3)n1)OCO2. The number of hydrazone groups is 1. The van der Waals surface area contributed by atoms with Gasteiger partial charge in [-0.25, -0.2) is 5.43 Å². The predicted molar refractivity (Wildman–Crippen MR) is 128 cm³/mol. The Hall–Kier alpha value is -3.44. The normalized spacial score (nSPS) is 15.1. The number of nitrogens with zero attached hydrogens (tertiary/aromatic N) is 5. The van der Waals surface area contributed by atoms with E-state index >= 15 is 0 Å². The van der Waals surface area contributed by atoms with Gasteiger partial charge in [-0.2, -0.15) is 20.1 Å². The molecule has 0 saturated carbocycles. The van der Waals surface area contributed by atoms with Crippen molar-refractivity contribution in [3.63, 3.8) is 0 Å². The fourth-order valence-corrected chi connectivity index (χ4v) is 3.79. The largest absolute Gasteiger partial charge is 0.454 e. The second-order valence-electron chi connectivity index (χ2n) is 7.32. The third-order valence-corrected chi connectivity index (χ3v) is 5.76. The monoisotopic (exact) mass is 511 g/mol. The predicted octanol–water partition coefficient (Wildman–Crippen LogP) is 3.26. The summed E-state index contributed by atoms with van der Waals surface area (Å²) in [5.74, 6) is 2.77. The second kappa shape index (κ2) is 10.0. The number of halogens is 1. The summed E-state index contributed by atoms with van der Waals surface area (Å²) in [5, 5.41) is 7.60. The number of fused-ring (bicyclic) bond motifs is 1. The van der Waals surface area contributed by atoms with E-state index < -0.39 is 0 Å². The van der Waals surface area contributed by atoms with E-state index in [1.165, 1.54) is 0 Å². The van der Waals surface area contributed by atoms with Gasteiger partial charge in [0.25, 0.3) is 0 Å². The van der Waals surface area contributed by atoms with Gasteiger partial charge >= 0.3 is 0 Å². The number of benzene rings is 2. The van der Waals surface area contributed by atoms with Crippen molar-refractivity contribution in [3.8, 4) is 11.5 Å². The molecule has 0 radical (unpaired) electrons. The standard InChI is InChI=1S/C22H22BrN7O3/c23-17-11-19-18(32-14-33-19)10-16(17)13-25-29-21-26-20(24-12-15-4-2-1-3-5-15)27-22(28-21)30-6-8-31-9-7-30/h1-5,10-11,13H,6-9,12,14H2,(H2,24,26,27,28,29). The molecule has 0 amide bonds. The van der Waals surface area contributed by atoms with Gasteiger partial charge in [-0.1, -0.05) is 30.3 Å². The van der Waals surface area contributed by atoms with Crippen LogP contribution in [0.3, 0.4) is 0 Å². The Morgan fingerprint density at radius 1 is 1.00 bits per heavy atom. The Morgan fingerprint density at radius 2 is 1.76 bits per heavy atom. The van der Waals surface area contributed by atoms with Crippen LogP contribution in [0.1, 0.15) is 11.1 Å². The molecular weight excluding hydrogens is 490 g/mol. The lowest BCUT2D eigenvalue weighted by Crippen LogP contribution is -2.37. The van der Waals surface area contributed by atoms with Crippen LogP contribution < -0.4 is 25.1 Å². The highest BCUT2D eigenvalue weighted by molar-refractivity contribution is 9.10. The molecule has 5 rings (SSSR count). The Kier molecular flexibility index (Phi) is 6.49. The zero-order chi connectivity index (χ0) is 22.5. The van der Waals surface area contributed by atoms with Gasteiger partial charge < -0.3 is 24.4 Å². The summed E-state index contributed by atoms with van der Waals surface area (Å²) in [4.78, 5) is 15.7. The number of hydrogen-bond acceptors (Lipinski definition) is 10. The minimum Gasteiger partial charge on any atom is -0.454 e. The fourth-order valence-electron chi connectivity index (χ4n) is 3.37. The van der Waals surface area contributed by atoms with Crippen molar-refractivity contribution >= 4 is 40.0 Å². The van der Waals surface area contributed by atoms with Crippen molar-refractivity contribution in [1.82, 2.24) is 15.0 Å². The topological polar surface area (TPSA) is 106 Å². The third kappa shape index (κ3) is 5.32. The average molecular weight is 512 g/mol. The van der Waals surface area contributed by atoms with Gasteiger partial charge in [-0.3, -0.25) is 0 Å². The summed E-state index contributed by atoms with van der Waals surface area (Å²) in [6.07, 6.45) is 1.67. The molecule has 2 aromatic carbocycles. The molecule has 0 aliphatic carbocycles. The van der Waals surface area contributed by atoms with E-state index in [9.17, 15) is 0 Å². The zero-order valence-electron chi connectivity index (χ0n) is 17.7. The minimum absolute atomic E-state index is 0.217. The first-order valence-electron chi connectivity index (χ1n) is 10.5. The van der Waals surface area contributed by atoms with Crippen molar-refractivity contribution in [3.05, 3.63) is 58.1 Å². The molecule has 1 aromatic heterocycles. The highest BCUT2D eigenvalue weighted by Gasteiger charge is 2.17. The first-order chi connectivity index (χ1) is 16.2. The maximum Gasteiger partial charge on any atom is 0.250 e. The van der Waals surface area contributed by atoms with E-state index in [2.05, 4.69) is 51.6 Å². The molecule has 2 aliphatic heterocycles. The van der Waals surface area contributed by atoms with E-state index in [4.69, 9.17) is 14.2 Å². The smallest absolute Gasteiger partial charge is 0.250 e. The number of aromatic nitrogens is 3. The second-order valence-corrected chi connectivity index (χ2v) is 8.17. The molecule has 33 heavy (non-hydrogen) atoms. The molecule has 10 nitrogen and oxygen atoms in total. The fraction of sp³-hybridized carbons (Fsp3) is 0.273. The van der Waals surface area contributed by atoms with E-state index in [0.717, 1.165) is 28.7 Å². The lowest BCUT2D eigenvalue weighted by atomic mass is 10.2. The van der Waals surface area contributed by atoms with Crippen LogP contribution in [-0.4, -0.2) is 54.3 Å². The van der Waals surface area contributed by atoms with Crippen molar-refractivity contribution in [2.24, 2.45) is 5.10 Å². The third-order valence-electron chi connectivity index (χ3n) is 5.07. The Balaban J connectivity index is 1.34. The molecule has 0 atom stereocenters. The average Bonchev–Trinajstić information content (AvgIpc) is 3.31. The van der Waals surface area contributed by atoms with Crippen LogP contribution in [0.5, 0.6) is 11.5 Å². The van der Waals surface area contributed by atoms with E-state index in [0.29, 0.717) is 49.1 Å². The minimum atomic E-state index is 0.217. The molecule has 170 valence electrons. The van der Waals surface area contributed by atoms with Crippen molar-refractivity contribution in [2.75, 3.05) is 48.7 Å². The summed E-state index contributed by atoms with van der Waals surface area (Å²) in [6.45, 7) is 3.52. The van der Waals surface area contributed by atoms with Gasteiger partial charge in [-0.15, -0.1) is 0 Å². The van der Waals surface area contributed by atoms with Gasteiger partial charge in [0.1, 0.15) is 0 Å². The van der Waals surface area contributed by atoms with Gasteiger partial charge in [0.2, 0.25) is 24.6 Å². The van der Waals surface area contributed by atoms with Crippen molar-refractivity contribution in [1.29, 1.82) is 0 Å². The van der Waals surface area contributed by atoms with Crippen LogP contribution in [0.25, 0.3) is 0 Å². The van der Waals surface area contributed by atoms with Gasteiger partial charge in [0.15, 0.2) is 11.5 Å². The highest BCUT2D eigenvalue weighted by Crippen LogP contribution is 2.36. The van der Waals surface area contributed by atoms with E-state index in [1.54, 1.807) is 6.21 Å². The lowest BCUT2D eigenvalue weighted by molar-refractivity contribution is 0.122. The molecule has 0 bridgehead atoms. The van der Waals surface area contributed by atoms with Gasteiger partial charge in [0, 0.05) is 29.7 Å². The summed E-state index contributed by atoms with van der Waals surface area (Å²) in [7, 11) is 0. The van der Waals surface area contributed by atoms with Crippen LogP contribution in [0.15, 0.2) is 52.0 Å². The molecule has 3 aromatic rings. The number of morpholine rings is 1. The summed E-state index contributed by atoms with van der Waals surface area (Å²) >= 11 is 3.53. The van der Waals surface area contributed by atoms with Crippen LogP contribution in [0.2, 0.25) is 0 Å². The maximum atomic E-state index is 5.45. The first-order valence-corrected chi connectivity index (χ1v) is 11.3. The van der Waals surface area contributed by atoms with Crippen LogP contribution in [-0.2, 0) is 11.3 Å². The van der Waals surface area contributed by atoms with Crippen LogP contribution in [0.4, 0.5) is 17.8 Å². The number of anilines is 3. The summed E-state index contributed by atoms with van der Waals surface area (Å²) in [5.41, 5.74) is 4.88. The van der Waals surface area contributed by atoms with Crippen LogP contribution in [0, 0.1) is 0 Å². The first kappa shape index (κ1) is 21.4. The Morgan fingerprint density at radius 3 is 2.58 bits per heavy atom. The lowest BCUT2D eigenvalue weighted by Gasteiger charge is -2.27. The summed E-state index contributed by atoms with van der Waals surface area (Å²) in [6, 6.07) is 13.8. The zero-order valence-corrected chi connectivity index (χ0v) is 19.3. The summed E-state index contributed by atoms with van der Waals surface area (Å²) < 4.78 is 17.1. The molecule has 0 spiro atoms. The molecule has 1 saturated heterocycles. The van der Waals surface area contributed by atoms with E-state index in [1.807, 2.05) is 42.5 Å². The maximum absolute atomic E-state index is 5.45. The number of nitrogens with one attached hydrogen (secondary N) is 2. The molecule has 1 fully saturated rings. The highest BCUT2D eigenvalue weighted by atomic mass is 79.9. The molecular formula is C22H22BrN7O3. The van der Waals surface area contributed by atoms with Crippen molar-refractivity contribution in [2.45, 2.75) is 6.54 Å². The number of hydrogen-bond donors (Lipinski definition) is 2. The molecule has 0 unspecified atom stereocenters. The molecule has 11 heteroatoms.